The summed E-state index contributed by atoms with van der Waals surface area (Å²) < 4.78 is 14.2. The third-order valence-electron chi connectivity index (χ3n) is 15.3. The van der Waals surface area contributed by atoms with E-state index in [-0.39, 0.29) is 11.5 Å². The number of fused-ring (bicyclic) bond motifs is 6. The fraction of sp³-hybridized carbons (Fsp3) is 0.565. The second-order valence-electron chi connectivity index (χ2n) is 17.9. The van der Waals surface area contributed by atoms with Crippen LogP contribution in [-0.4, -0.2) is 102 Å². The van der Waals surface area contributed by atoms with Crippen LogP contribution in [0.4, 0.5) is 5.69 Å². The van der Waals surface area contributed by atoms with Crippen LogP contribution in [0.1, 0.15) is 81.3 Å². The summed E-state index contributed by atoms with van der Waals surface area (Å²) in [4.78, 5) is 34.6. The zero-order valence-electron chi connectivity index (χ0n) is 33.9. The van der Waals surface area contributed by atoms with Crippen LogP contribution in [0.25, 0.3) is 10.9 Å². The molecule has 55 heavy (non-hydrogen) atoms. The number of likely N-dealkylation sites (N-methyl/N-ethyl adjacent to an activating group) is 1. The van der Waals surface area contributed by atoms with Crippen molar-refractivity contribution in [2.75, 3.05) is 51.8 Å². The predicted molar refractivity (Wildman–Crippen MR) is 215 cm³/mol. The number of carbonyl (C=O) groups excluding carboxylic acids is 2. The zero-order valence-corrected chi connectivity index (χ0v) is 33.9. The van der Waals surface area contributed by atoms with Crippen molar-refractivity contribution in [2.45, 2.75) is 101 Å². The molecular formula is C46H58N4O5. The topological polar surface area (TPSA) is 87.5 Å². The Hall–Kier alpha value is -3.92. The summed E-state index contributed by atoms with van der Waals surface area (Å²) in [6.45, 7) is 15.2. The number of methoxy groups -OCH3 is 1. The monoisotopic (exact) mass is 746 g/mol. The van der Waals surface area contributed by atoms with Gasteiger partial charge in [0.25, 0.3) is 0 Å². The first-order valence-corrected chi connectivity index (χ1v) is 20.6. The number of aromatic nitrogens is 1. The van der Waals surface area contributed by atoms with Gasteiger partial charge in [-0.2, -0.15) is 0 Å². The van der Waals surface area contributed by atoms with Crippen LogP contribution in [0.3, 0.4) is 0 Å². The fourth-order valence-electron chi connectivity index (χ4n) is 13.5. The molecule has 5 aliphatic heterocycles. The quantitative estimate of drug-likeness (QED) is 0.253. The Bertz CT molecular complexity index is 2170. The molecule has 9 nitrogen and oxygen atoms in total. The standard InChI is InChI=1S/C46H58N4O5/c1-9-30-23-31-25-43(5,38-33(16-20-49(26-30)27-31)32-14-11-12-15-36(32)47(38)6)34-24-35-37(22-28(34)3)48(7)40-45(35)18-21-50-19-13-17-44(10-2,39(45)50)41(55-29(4)51)46(40,53)42(52)54-8/h11-15,17,22-24,31,39-41,53H,9-10,16,18-21,25-27H2,1-8H3/t31-,39-,40+,41+,43+,44+,45+,46?/m0/s1. The molecule has 2 fully saturated rings. The summed E-state index contributed by atoms with van der Waals surface area (Å²) >= 11 is 0. The van der Waals surface area contributed by atoms with Crippen LogP contribution in [0.15, 0.2) is 60.2 Å². The van der Waals surface area contributed by atoms with E-state index in [4.69, 9.17) is 9.47 Å². The highest BCUT2D eigenvalue weighted by atomic mass is 16.6. The van der Waals surface area contributed by atoms with Gasteiger partial charge in [-0.3, -0.25) is 14.6 Å². The van der Waals surface area contributed by atoms with Crippen molar-refractivity contribution in [2.24, 2.45) is 18.4 Å². The summed E-state index contributed by atoms with van der Waals surface area (Å²) in [6.07, 6.45) is 10.1. The SMILES string of the molecule is CCC1=C[C@@H]2CN(CCc3c(n(C)c4ccccc34)[C@@](C)(c3cc4c(cc3C)N(C)[C@H]3C(O)(C(=O)OC)[C@H](OC(C)=O)[C@]5(CC)C=CCN6CC[C@]43[C@@H]65)C2)C1. The smallest absolute Gasteiger partial charge is 0.344 e. The predicted octanol–water partition coefficient (Wildman–Crippen LogP) is 5.95. The van der Waals surface area contributed by atoms with Crippen LogP contribution in [-0.2, 0) is 43.4 Å². The number of anilines is 1. The summed E-state index contributed by atoms with van der Waals surface area (Å²) in [6, 6.07) is 12.9. The molecule has 3 aromatic rings. The van der Waals surface area contributed by atoms with Crippen molar-refractivity contribution >= 4 is 28.5 Å². The summed E-state index contributed by atoms with van der Waals surface area (Å²) in [5, 5.41) is 14.6. The molecule has 6 heterocycles. The van der Waals surface area contributed by atoms with E-state index >= 15 is 0 Å². The van der Waals surface area contributed by atoms with Crippen LogP contribution in [0, 0.1) is 18.3 Å². The molecule has 1 saturated heterocycles. The minimum atomic E-state index is -2.13. The molecule has 0 radical (unpaired) electrons. The lowest BCUT2D eigenvalue weighted by Gasteiger charge is -2.63. The summed E-state index contributed by atoms with van der Waals surface area (Å²) in [5.74, 6) is -0.888. The van der Waals surface area contributed by atoms with Crippen molar-refractivity contribution in [3.05, 3.63) is 88.1 Å². The molecule has 1 aromatic heterocycles. The van der Waals surface area contributed by atoms with Crippen LogP contribution in [0.5, 0.6) is 0 Å². The number of aliphatic hydroxyl groups is 1. The number of ether oxygens (including phenoxy) is 2. The van der Waals surface area contributed by atoms with Gasteiger partial charge in [-0.25, -0.2) is 4.79 Å². The maximum absolute atomic E-state index is 14.3. The molecule has 1 spiro atoms. The highest BCUT2D eigenvalue weighted by Crippen LogP contribution is 2.68. The molecule has 2 bridgehead atoms. The van der Waals surface area contributed by atoms with Crippen molar-refractivity contribution < 1.29 is 24.2 Å². The summed E-state index contributed by atoms with van der Waals surface area (Å²) in [7, 11) is 5.59. The number of carbonyl (C=O) groups is 2. The molecule has 9 rings (SSSR count). The van der Waals surface area contributed by atoms with Crippen molar-refractivity contribution in [1.29, 1.82) is 0 Å². The van der Waals surface area contributed by atoms with Gasteiger partial charge in [0.05, 0.1) is 13.2 Å². The number of para-hydroxylation sites is 1. The van der Waals surface area contributed by atoms with Crippen molar-refractivity contribution in [3.8, 4) is 0 Å². The van der Waals surface area contributed by atoms with Crippen molar-refractivity contribution in [1.82, 2.24) is 14.4 Å². The van der Waals surface area contributed by atoms with Gasteiger partial charge in [-0.1, -0.05) is 61.9 Å². The van der Waals surface area contributed by atoms with Crippen molar-refractivity contribution in [3.63, 3.8) is 0 Å². The first-order valence-electron chi connectivity index (χ1n) is 20.6. The van der Waals surface area contributed by atoms with Gasteiger partial charge in [0.15, 0.2) is 6.10 Å². The van der Waals surface area contributed by atoms with Crippen LogP contribution >= 0.6 is 0 Å². The van der Waals surface area contributed by atoms with Gasteiger partial charge in [0, 0.05) is 91.8 Å². The van der Waals surface area contributed by atoms with Gasteiger partial charge in [-0.15, -0.1) is 0 Å². The van der Waals surface area contributed by atoms with E-state index in [1.165, 1.54) is 58.5 Å². The molecule has 9 heteroatoms. The first kappa shape index (κ1) is 36.7. The molecule has 0 amide bonds. The number of hydrogen-bond donors (Lipinski definition) is 1. The normalized spacial score (nSPS) is 36.2. The molecule has 292 valence electrons. The largest absolute Gasteiger partial charge is 0.467 e. The Kier molecular flexibility index (Phi) is 8.37. The summed E-state index contributed by atoms with van der Waals surface area (Å²) in [5.41, 5.74) is 6.37. The van der Waals surface area contributed by atoms with Gasteiger partial charge in [0.1, 0.15) is 0 Å². The Morgan fingerprint density at radius 1 is 1.05 bits per heavy atom. The molecule has 2 aromatic carbocycles. The molecule has 1 N–H and O–H groups in total. The number of nitrogens with zero attached hydrogens (tertiary/aromatic N) is 4. The molecular weight excluding hydrogens is 689 g/mol. The molecule has 6 aliphatic rings. The van der Waals surface area contributed by atoms with Crippen LogP contribution < -0.4 is 4.90 Å². The van der Waals surface area contributed by atoms with E-state index in [0.29, 0.717) is 12.3 Å². The van der Waals surface area contributed by atoms with E-state index < -0.39 is 40.5 Å². The number of hydrogen-bond acceptors (Lipinski definition) is 8. The Morgan fingerprint density at radius 3 is 2.56 bits per heavy atom. The average molecular weight is 747 g/mol. The minimum Gasteiger partial charge on any atom is -0.467 e. The molecule has 1 aliphatic carbocycles. The van der Waals surface area contributed by atoms with Gasteiger partial charge in [0.2, 0.25) is 5.60 Å². The van der Waals surface area contributed by atoms with E-state index in [2.05, 4.69) is 109 Å². The first-order chi connectivity index (χ1) is 26.3. The lowest BCUT2D eigenvalue weighted by atomic mass is 9.47. The van der Waals surface area contributed by atoms with Gasteiger partial charge < -0.3 is 24.0 Å². The molecule has 9 atom stereocenters. The highest BCUT2D eigenvalue weighted by molar-refractivity contribution is 5.88. The second kappa shape index (κ2) is 12.5. The minimum absolute atomic E-state index is 0.114. The van der Waals surface area contributed by atoms with Crippen LogP contribution in [0.2, 0.25) is 0 Å². The Balaban J connectivity index is 1.33. The lowest BCUT2D eigenvalue weighted by Crippen LogP contribution is -2.81. The highest BCUT2D eigenvalue weighted by Gasteiger charge is 2.80. The third kappa shape index (κ3) is 4.69. The number of rotatable bonds is 5. The maximum Gasteiger partial charge on any atom is 0.344 e. The molecule has 1 saturated carbocycles. The number of benzene rings is 2. The number of aryl methyl sites for hydroxylation is 2. The van der Waals surface area contributed by atoms with E-state index in [1.807, 2.05) is 7.05 Å². The average Bonchev–Trinajstić information content (AvgIpc) is 3.79. The van der Waals surface area contributed by atoms with E-state index in [9.17, 15) is 14.7 Å². The van der Waals surface area contributed by atoms with E-state index in [1.54, 1.807) is 0 Å². The van der Waals surface area contributed by atoms with Gasteiger partial charge in [-0.05, 0) is 92.8 Å². The fourth-order valence-corrected chi connectivity index (χ4v) is 13.5. The number of esters is 2. The zero-order chi connectivity index (χ0) is 38.8. The second-order valence-corrected chi connectivity index (χ2v) is 17.9. The van der Waals surface area contributed by atoms with E-state index in [0.717, 1.165) is 64.1 Å². The lowest BCUT2D eigenvalue weighted by molar-refractivity contribution is -0.228. The third-order valence-corrected chi connectivity index (χ3v) is 15.3. The Labute approximate surface area is 325 Å². The molecule has 2 unspecified atom stereocenters. The maximum atomic E-state index is 14.3. The van der Waals surface area contributed by atoms with Gasteiger partial charge >= 0.3 is 11.9 Å². The Morgan fingerprint density at radius 2 is 1.84 bits per heavy atom.